The van der Waals surface area contributed by atoms with Crippen molar-refractivity contribution < 1.29 is 9.59 Å². The van der Waals surface area contributed by atoms with Gasteiger partial charge in [-0.15, -0.1) is 0 Å². The molecule has 1 saturated carbocycles. The van der Waals surface area contributed by atoms with E-state index in [0.29, 0.717) is 0 Å². The van der Waals surface area contributed by atoms with Crippen LogP contribution in [0.1, 0.15) is 46.0 Å². The maximum Gasteiger partial charge on any atom is 0.243 e. The molecule has 96 valence electrons. The molecule has 1 aliphatic rings. The minimum atomic E-state index is -0.650. The largest absolute Gasteiger partial charge is 0.352 e. The van der Waals surface area contributed by atoms with Gasteiger partial charge in [0, 0.05) is 6.04 Å². The number of hydrogen-bond acceptors (Lipinski definition) is 2. The molecule has 0 saturated heterocycles. The van der Waals surface area contributed by atoms with Gasteiger partial charge in [-0.25, -0.2) is 0 Å². The average Bonchev–Trinajstić information content (AvgIpc) is 2.26. The molecule has 1 aliphatic carbocycles. The highest BCUT2D eigenvalue weighted by Gasteiger charge is 2.25. The maximum atomic E-state index is 12.0. The van der Waals surface area contributed by atoms with Crippen LogP contribution < -0.4 is 10.6 Å². The molecular weight excluding hydrogens is 216 g/mol. The molecule has 1 atom stereocenters. The Morgan fingerprint density at radius 3 is 2.24 bits per heavy atom. The SMILES string of the molecule is [CH]C(=O)NC(C(=O)NC1CCCCC1)C(C)C. The summed E-state index contributed by atoms with van der Waals surface area (Å²) in [5, 5.41) is 5.49. The Kier molecular flexibility index (Phi) is 5.45. The Labute approximate surface area is 104 Å². The fourth-order valence-electron chi connectivity index (χ4n) is 2.23. The first-order valence-electron chi connectivity index (χ1n) is 6.37. The van der Waals surface area contributed by atoms with Crippen LogP contribution in [-0.4, -0.2) is 23.9 Å². The second-order valence-electron chi connectivity index (χ2n) is 5.07. The molecule has 1 rings (SSSR count). The Morgan fingerprint density at radius 2 is 1.76 bits per heavy atom. The summed E-state index contributed by atoms with van der Waals surface area (Å²) in [5.74, 6) is -0.737. The van der Waals surface area contributed by atoms with Gasteiger partial charge in [-0.05, 0) is 18.8 Å². The van der Waals surface area contributed by atoms with Crippen molar-refractivity contribution in [3.63, 3.8) is 0 Å². The third kappa shape index (κ3) is 4.75. The van der Waals surface area contributed by atoms with Gasteiger partial charge in [0.05, 0.1) is 6.92 Å². The van der Waals surface area contributed by atoms with Crippen molar-refractivity contribution in [1.29, 1.82) is 0 Å². The molecule has 4 heteroatoms. The summed E-state index contributed by atoms with van der Waals surface area (Å²) in [6.07, 6.45) is 5.65. The molecule has 0 aromatic heterocycles. The van der Waals surface area contributed by atoms with Gasteiger partial charge >= 0.3 is 0 Å². The molecule has 0 heterocycles. The monoisotopic (exact) mass is 238 g/mol. The molecule has 2 radical (unpaired) electrons. The van der Waals surface area contributed by atoms with Crippen molar-refractivity contribution in [2.24, 2.45) is 5.92 Å². The average molecular weight is 238 g/mol. The molecule has 0 aliphatic heterocycles. The first-order valence-corrected chi connectivity index (χ1v) is 6.37. The van der Waals surface area contributed by atoms with Crippen molar-refractivity contribution in [3.8, 4) is 0 Å². The van der Waals surface area contributed by atoms with E-state index in [4.69, 9.17) is 6.92 Å². The summed E-state index contributed by atoms with van der Waals surface area (Å²) in [5.41, 5.74) is 0. The highest BCUT2D eigenvalue weighted by molar-refractivity contribution is 5.89. The maximum absolute atomic E-state index is 12.0. The summed E-state index contributed by atoms with van der Waals surface area (Å²) in [4.78, 5) is 22.8. The normalized spacial score (nSPS) is 18.8. The second kappa shape index (κ2) is 6.62. The summed E-state index contributed by atoms with van der Waals surface area (Å²) >= 11 is 0. The number of nitrogens with one attached hydrogen (secondary N) is 2. The molecular formula is C13H22N2O2. The van der Waals surface area contributed by atoms with Gasteiger partial charge in [-0.2, -0.15) is 0 Å². The van der Waals surface area contributed by atoms with Crippen LogP contribution in [0.3, 0.4) is 0 Å². The standard InChI is InChI=1S/C13H22N2O2/c1-9(2)12(14-10(3)16)13(17)15-11-7-5-4-6-8-11/h3,9,11-12H,4-8H2,1-2H3,(H,14,16)(H,15,17). The molecule has 0 bridgehead atoms. The number of carbonyl (C=O) groups excluding carboxylic acids is 2. The van der Waals surface area contributed by atoms with Crippen molar-refractivity contribution >= 4 is 11.8 Å². The molecule has 1 fully saturated rings. The molecule has 4 nitrogen and oxygen atoms in total. The van der Waals surface area contributed by atoms with E-state index in [0.717, 1.165) is 12.8 Å². The molecule has 0 aromatic carbocycles. The van der Waals surface area contributed by atoms with E-state index in [-0.39, 0.29) is 17.9 Å². The van der Waals surface area contributed by atoms with Crippen molar-refractivity contribution in [1.82, 2.24) is 10.6 Å². The quantitative estimate of drug-likeness (QED) is 0.775. The zero-order valence-corrected chi connectivity index (χ0v) is 10.7. The van der Waals surface area contributed by atoms with Gasteiger partial charge < -0.3 is 10.6 Å². The lowest BCUT2D eigenvalue weighted by molar-refractivity contribution is -0.129. The van der Waals surface area contributed by atoms with Crippen LogP contribution >= 0.6 is 0 Å². The van der Waals surface area contributed by atoms with Crippen molar-refractivity contribution in [2.45, 2.75) is 58.0 Å². The van der Waals surface area contributed by atoms with Gasteiger partial charge in [0.15, 0.2) is 0 Å². The summed E-state index contributed by atoms with van der Waals surface area (Å²) < 4.78 is 0. The summed E-state index contributed by atoms with van der Waals surface area (Å²) in [7, 11) is 0. The molecule has 2 N–H and O–H groups in total. The van der Waals surface area contributed by atoms with Gasteiger partial charge in [-0.3, -0.25) is 9.59 Å². The highest BCUT2D eigenvalue weighted by Crippen LogP contribution is 2.17. The Morgan fingerprint density at radius 1 is 1.18 bits per heavy atom. The topological polar surface area (TPSA) is 58.2 Å². The second-order valence-corrected chi connectivity index (χ2v) is 5.07. The Hall–Kier alpha value is -1.06. The number of carbonyl (C=O) groups is 2. The van der Waals surface area contributed by atoms with E-state index in [2.05, 4.69) is 10.6 Å². The van der Waals surface area contributed by atoms with Crippen LogP contribution in [0, 0.1) is 12.8 Å². The smallest absolute Gasteiger partial charge is 0.243 e. The Balaban J connectivity index is 2.49. The van der Waals surface area contributed by atoms with E-state index in [1.807, 2.05) is 13.8 Å². The van der Waals surface area contributed by atoms with E-state index >= 15 is 0 Å². The highest BCUT2D eigenvalue weighted by atomic mass is 16.2. The van der Waals surface area contributed by atoms with Gasteiger partial charge in [0.2, 0.25) is 11.8 Å². The number of hydrogen-bond donors (Lipinski definition) is 2. The van der Waals surface area contributed by atoms with E-state index in [1.54, 1.807) is 0 Å². The number of rotatable bonds is 4. The third-order valence-electron chi connectivity index (χ3n) is 3.20. The summed E-state index contributed by atoms with van der Waals surface area (Å²) in [6.45, 7) is 8.85. The van der Waals surface area contributed by atoms with Gasteiger partial charge in [0.25, 0.3) is 0 Å². The van der Waals surface area contributed by atoms with Gasteiger partial charge in [0.1, 0.15) is 6.04 Å². The first-order chi connectivity index (χ1) is 8.00. The molecule has 2 amide bonds. The zero-order chi connectivity index (χ0) is 12.8. The Bertz CT molecular complexity index is 271. The third-order valence-corrected chi connectivity index (χ3v) is 3.20. The van der Waals surface area contributed by atoms with Crippen LogP contribution in [0.5, 0.6) is 0 Å². The minimum absolute atomic E-state index is 0.0334. The fourth-order valence-corrected chi connectivity index (χ4v) is 2.23. The van der Waals surface area contributed by atoms with Crippen molar-refractivity contribution in [3.05, 3.63) is 6.92 Å². The van der Waals surface area contributed by atoms with Crippen LogP contribution in [0.4, 0.5) is 0 Å². The zero-order valence-electron chi connectivity index (χ0n) is 10.7. The van der Waals surface area contributed by atoms with Gasteiger partial charge in [-0.1, -0.05) is 33.1 Å². The lowest BCUT2D eigenvalue weighted by Gasteiger charge is -2.27. The minimum Gasteiger partial charge on any atom is -0.352 e. The van der Waals surface area contributed by atoms with Crippen LogP contribution in [0.2, 0.25) is 0 Å². The van der Waals surface area contributed by atoms with Crippen LogP contribution in [0.25, 0.3) is 0 Å². The van der Waals surface area contributed by atoms with E-state index in [1.165, 1.54) is 19.3 Å². The summed E-state index contributed by atoms with van der Waals surface area (Å²) in [6, 6.07) is -0.276. The van der Waals surface area contributed by atoms with Crippen LogP contribution in [0.15, 0.2) is 0 Å². The lowest BCUT2D eigenvalue weighted by Crippen LogP contribution is -2.51. The fraction of sp³-hybridized carbons (Fsp3) is 0.769. The van der Waals surface area contributed by atoms with E-state index in [9.17, 15) is 9.59 Å². The first kappa shape index (κ1) is 14.0. The van der Waals surface area contributed by atoms with E-state index < -0.39 is 11.9 Å². The predicted octanol–water partition coefficient (Wildman–Crippen LogP) is 1.29. The molecule has 1 unspecified atom stereocenters. The predicted molar refractivity (Wildman–Crippen MR) is 66.1 cm³/mol. The van der Waals surface area contributed by atoms with Crippen LogP contribution in [-0.2, 0) is 9.59 Å². The molecule has 17 heavy (non-hydrogen) atoms. The lowest BCUT2D eigenvalue weighted by atomic mass is 9.94. The molecule has 0 aromatic rings. The van der Waals surface area contributed by atoms with Crippen molar-refractivity contribution in [2.75, 3.05) is 0 Å². The molecule has 0 spiro atoms. The number of amides is 2.